The van der Waals surface area contributed by atoms with Crippen LogP contribution < -0.4 is 0 Å². The molecule has 0 aromatic heterocycles. The zero-order valence-electron chi connectivity index (χ0n) is 7.67. The van der Waals surface area contributed by atoms with Crippen LogP contribution in [0.25, 0.3) is 0 Å². The van der Waals surface area contributed by atoms with E-state index in [1.807, 2.05) is 13.8 Å². The van der Waals surface area contributed by atoms with Crippen molar-refractivity contribution >= 4 is 5.78 Å². The highest BCUT2D eigenvalue weighted by atomic mass is 16.5. The van der Waals surface area contributed by atoms with Crippen molar-refractivity contribution in [2.24, 2.45) is 11.3 Å². The van der Waals surface area contributed by atoms with E-state index in [4.69, 9.17) is 9.84 Å². The summed E-state index contributed by atoms with van der Waals surface area (Å²) in [6.07, 6.45) is 0.546. The molecule has 1 N–H and O–H groups in total. The fourth-order valence-electron chi connectivity index (χ4n) is 1.28. The molecule has 1 fully saturated rings. The van der Waals surface area contributed by atoms with E-state index in [1.54, 1.807) is 0 Å². The van der Waals surface area contributed by atoms with Crippen LogP contribution in [0.15, 0.2) is 0 Å². The largest absolute Gasteiger partial charge is 0.395 e. The number of carbonyl (C=O) groups is 1. The number of Topliss-reactive ketones (excluding diaryl/α,β-unsaturated/α-hetero) is 1. The third kappa shape index (κ3) is 1.67. The number of ketones is 1. The van der Waals surface area contributed by atoms with Gasteiger partial charge in [0.05, 0.1) is 25.2 Å². The Kier molecular flexibility index (Phi) is 2.85. The molecule has 1 heterocycles. The van der Waals surface area contributed by atoms with Crippen molar-refractivity contribution in [3.05, 3.63) is 0 Å². The van der Waals surface area contributed by atoms with E-state index in [0.717, 1.165) is 0 Å². The minimum absolute atomic E-state index is 0.0709. The van der Waals surface area contributed by atoms with Gasteiger partial charge in [-0.25, -0.2) is 0 Å². The Hall–Kier alpha value is -0.410. The predicted octanol–water partition coefficient (Wildman–Crippen LogP) is 0.611. The molecule has 1 saturated heterocycles. The first kappa shape index (κ1) is 9.68. The SMILES string of the molecule is CC(C)CC(=O)C1(CO)COC1. The third-order valence-electron chi connectivity index (χ3n) is 2.24. The minimum Gasteiger partial charge on any atom is -0.395 e. The molecule has 0 aromatic carbocycles. The molecule has 1 rings (SSSR count). The van der Waals surface area contributed by atoms with Gasteiger partial charge in [-0.3, -0.25) is 4.79 Å². The Morgan fingerprint density at radius 1 is 1.58 bits per heavy atom. The van der Waals surface area contributed by atoms with E-state index in [2.05, 4.69) is 0 Å². The van der Waals surface area contributed by atoms with Crippen LogP contribution in [0.5, 0.6) is 0 Å². The van der Waals surface area contributed by atoms with Crippen LogP contribution in [-0.4, -0.2) is 30.7 Å². The summed E-state index contributed by atoms with van der Waals surface area (Å²) in [4.78, 5) is 11.5. The highest BCUT2D eigenvalue weighted by Gasteiger charge is 2.44. The van der Waals surface area contributed by atoms with Gasteiger partial charge in [-0.15, -0.1) is 0 Å². The maximum absolute atomic E-state index is 11.5. The lowest BCUT2D eigenvalue weighted by Gasteiger charge is -2.38. The van der Waals surface area contributed by atoms with E-state index in [9.17, 15) is 4.79 Å². The summed E-state index contributed by atoms with van der Waals surface area (Å²) in [7, 11) is 0. The minimum atomic E-state index is -0.551. The molecular formula is C9H16O3. The van der Waals surface area contributed by atoms with E-state index in [1.165, 1.54) is 0 Å². The fraction of sp³-hybridized carbons (Fsp3) is 0.889. The highest BCUT2D eigenvalue weighted by Crippen LogP contribution is 2.30. The molecule has 1 aliphatic rings. The smallest absolute Gasteiger partial charge is 0.146 e. The first-order valence-electron chi connectivity index (χ1n) is 4.32. The van der Waals surface area contributed by atoms with Crippen molar-refractivity contribution in [2.45, 2.75) is 20.3 Å². The topological polar surface area (TPSA) is 46.5 Å². The molecule has 70 valence electrons. The Morgan fingerprint density at radius 2 is 2.17 bits per heavy atom. The van der Waals surface area contributed by atoms with Crippen LogP contribution in [0.1, 0.15) is 20.3 Å². The van der Waals surface area contributed by atoms with Crippen LogP contribution in [0, 0.1) is 11.3 Å². The molecule has 12 heavy (non-hydrogen) atoms. The molecular weight excluding hydrogens is 156 g/mol. The van der Waals surface area contributed by atoms with E-state index in [-0.39, 0.29) is 12.4 Å². The van der Waals surface area contributed by atoms with Crippen LogP contribution in [0.4, 0.5) is 0 Å². The van der Waals surface area contributed by atoms with Gasteiger partial charge in [0.15, 0.2) is 0 Å². The second kappa shape index (κ2) is 3.54. The van der Waals surface area contributed by atoms with Gasteiger partial charge in [0.1, 0.15) is 5.78 Å². The molecule has 0 radical (unpaired) electrons. The number of rotatable bonds is 4. The van der Waals surface area contributed by atoms with Gasteiger partial charge < -0.3 is 9.84 Å². The van der Waals surface area contributed by atoms with Crippen molar-refractivity contribution in [1.82, 2.24) is 0 Å². The monoisotopic (exact) mass is 172 g/mol. The maximum atomic E-state index is 11.5. The Bertz CT molecular complexity index is 165. The molecule has 0 unspecified atom stereocenters. The molecule has 0 atom stereocenters. The summed E-state index contributed by atoms with van der Waals surface area (Å²) < 4.78 is 4.95. The van der Waals surface area contributed by atoms with Crippen molar-refractivity contribution < 1.29 is 14.6 Å². The lowest BCUT2D eigenvalue weighted by Crippen LogP contribution is -2.52. The van der Waals surface area contributed by atoms with Crippen molar-refractivity contribution in [1.29, 1.82) is 0 Å². The van der Waals surface area contributed by atoms with Crippen molar-refractivity contribution in [2.75, 3.05) is 19.8 Å². The standard InChI is InChI=1S/C9H16O3/c1-7(2)3-8(11)9(4-10)5-12-6-9/h7,10H,3-6H2,1-2H3. The number of aliphatic hydroxyl groups is 1. The van der Waals surface area contributed by atoms with E-state index < -0.39 is 5.41 Å². The number of hydrogen-bond donors (Lipinski definition) is 1. The predicted molar refractivity (Wildman–Crippen MR) is 44.8 cm³/mol. The van der Waals surface area contributed by atoms with E-state index in [0.29, 0.717) is 25.6 Å². The van der Waals surface area contributed by atoms with Gasteiger partial charge in [-0.2, -0.15) is 0 Å². The summed E-state index contributed by atoms with van der Waals surface area (Å²) in [5.74, 6) is 0.507. The van der Waals surface area contributed by atoms with Gasteiger partial charge in [0.25, 0.3) is 0 Å². The van der Waals surface area contributed by atoms with Gasteiger partial charge >= 0.3 is 0 Å². The number of carbonyl (C=O) groups excluding carboxylic acids is 1. The lowest BCUT2D eigenvalue weighted by atomic mass is 9.79. The van der Waals surface area contributed by atoms with Gasteiger partial charge in [-0.1, -0.05) is 13.8 Å². The molecule has 0 aromatic rings. The molecule has 0 spiro atoms. The fourth-order valence-corrected chi connectivity index (χ4v) is 1.28. The number of ether oxygens (including phenoxy) is 1. The Labute approximate surface area is 72.7 Å². The van der Waals surface area contributed by atoms with Crippen molar-refractivity contribution in [3.8, 4) is 0 Å². The summed E-state index contributed by atoms with van der Waals surface area (Å²) in [5.41, 5.74) is -0.551. The highest BCUT2D eigenvalue weighted by molar-refractivity contribution is 5.86. The summed E-state index contributed by atoms with van der Waals surface area (Å²) >= 11 is 0. The van der Waals surface area contributed by atoms with Crippen molar-refractivity contribution in [3.63, 3.8) is 0 Å². The number of aliphatic hydroxyl groups excluding tert-OH is 1. The van der Waals surface area contributed by atoms with Crippen LogP contribution in [0.3, 0.4) is 0 Å². The average molecular weight is 172 g/mol. The Morgan fingerprint density at radius 3 is 2.42 bits per heavy atom. The molecule has 1 aliphatic heterocycles. The first-order valence-corrected chi connectivity index (χ1v) is 4.32. The maximum Gasteiger partial charge on any atom is 0.146 e. The zero-order chi connectivity index (χ0) is 9.19. The summed E-state index contributed by atoms with van der Waals surface area (Å²) in [5, 5.41) is 9.02. The van der Waals surface area contributed by atoms with E-state index >= 15 is 0 Å². The van der Waals surface area contributed by atoms with Gasteiger partial charge in [0, 0.05) is 6.42 Å². The normalized spacial score (nSPS) is 20.7. The average Bonchev–Trinajstić information content (AvgIpc) is 1.83. The van der Waals surface area contributed by atoms with Crippen LogP contribution in [0.2, 0.25) is 0 Å². The third-order valence-corrected chi connectivity index (χ3v) is 2.24. The quantitative estimate of drug-likeness (QED) is 0.676. The molecule has 0 aliphatic carbocycles. The molecule has 3 nitrogen and oxygen atoms in total. The second-order valence-corrected chi connectivity index (χ2v) is 3.95. The van der Waals surface area contributed by atoms with Crippen LogP contribution in [-0.2, 0) is 9.53 Å². The second-order valence-electron chi connectivity index (χ2n) is 3.95. The Balaban J connectivity index is 2.49. The molecule has 0 bridgehead atoms. The first-order chi connectivity index (χ1) is 5.60. The summed E-state index contributed by atoms with van der Waals surface area (Å²) in [6, 6.07) is 0. The summed E-state index contributed by atoms with van der Waals surface area (Å²) in [6.45, 7) is 4.73. The zero-order valence-corrected chi connectivity index (χ0v) is 7.67. The van der Waals surface area contributed by atoms with Gasteiger partial charge in [0.2, 0.25) is 0 Å². The number of hydrogen-bond acceptors (Lipinski definition) is 3. The lowest BCUT2D eigenvalue weighted by molar-refractivity contribution is -0.168. The van der Waals surface area contributed by atoms with Crippen LogP contribution >= 0.6 is 0 Å². The molecule has 3 heteroatoms. The molecule has 0 amide bonds. The van der Waals surface area contributed by atoms with Gasteiger partial charge in [-0.05, 0) is 5.92 Å². The molecule has 0 saturated carbocycles.